The fourth-order valence-electron chi connectivity index (χ4n) is 6.52. The van der Waals surface area contributed by atoms with Crippen LogP contribution in [0.15, 0.2) is 152 Å². The van der Waals surface area contributed by atoms with Crippen molar-refractivity contribution in [3.05, 3.63) is 152 Å². The van der Waals surface area contributed by atoms with E-state index in [1.54, 1.807) is 6.33 Å². The molecule has 6 aromatic carbocycles. The van der Waals surface area contributed by atoms with E-state index in [0.717, 1.165) is 67.6 Å². The summed E-state index contributed by atoms with van der Waals surface area (Å²) in [5.41, 5.74) is 11.7. The van der Waals surface area contributed by atoms with Crippen LogP contribution in [0.3, 0.4) is 0 Å². The van der Waals surface area contributed by atoms with Crippen LogP contribution in [0.4, 0.5) is 17.1 Å². The van der Waals surface area contributed by atoms with Crippen LogP contribution in [0.1, 0.15) is 0 Å². The highest BCUT2D eigenvalue weighted by Gasteiger charge is 2.27. The van der Waals surface area contributed by atoms with Gasteiger partial charge >= 0.3 is 0 Å². The molecule has 1 aliphatic heterocycles. The molecule has 0 saturated heterocycles. The zero-order chi connectivity index (χ0) is 29.0. The van der Waals surface area contributed by atoms with Gasteiger partial charge in [-0.15, -0.1) is 0 Å². The van der Waals surface area contributed by atoms with Gasteiger partial charge in [0.2, 0.25) is 0 Å². The fraction of sp³-hybridized carbons (Fsp3) is 0. The number of para-hydroxylation sites is 4. The van der Waals surface area contributed by atoms with Gasteiger partial charge in [0.05, 0.1) is 34.3 Å². The molecule has 44 heavy (non-hydrogen) atoms. The molecule has 0 bridgehead atoms. The molecule has 0 atom stereocenters. The van der Waals surface area contributed by atoms with Crippen molar-refractivity contribution in [2.75, 3.05) is 4.90 Å². The van der Waals surface area contributed by atoms with Gasteiger partial charge in [-0.3, -0.25) is 4.57 Å². The summed E-state index contributed by atoms with van der Waals surface area (Å²) in [5, 5.41) is 2.36. The first-order chi connectivity index (χ1) is 21.8. The number of benzene rings is 6. The van der Waals surface area contributed by atoms with Crippen LogP contribution >= 0.6 is 0 Å². The van der Waals surface area contributed by atoms with Crippen LogP contribution in [0.25, 0.3) is 61.3 Å². The van der Waals surface area contributed by atoms with E-state index in [1.165, 1.54) is 10.8 Å². The van der Waals surface area contributed by atoms with Crippen LogP contribution in [0.2, 0.25) is 0 Å². The molecule has 206 valence electrons. The van der Waals surface area contributed by atoms with Crippen LogP contribution in [-0.2, 0) is 0 Å². The SMILES string of the molecule is c1ccc(N2c3cncnc3-c3cc(-c4cccc(-c5nc6ccccc6n5-c5ccccc5)c4)cc4cccc2c34)cc1. The normalized spacial score (nSPS) is 12.0. The van der Waals surface area contributed by atoms with Gasteiger partial charge < -0.3 is 4.90 Å². The van der Waals surface area contributed by atoms with Gasteiger partial charge in [-0.2, -0.15) is 0 Å². The number of rotatable bonds is 4. The first kappa shape index (κ1) is 24.5. The summed E-state index contributed by atoms with van der Waals surface area (Å²) in [6.07, 6.45) is 3.56. The lowest BCUT2D eigenvalue weighted by atomic mass is 9.90. The van der Waals surface area contributed by atoms with Crippen LogP contribution in [0, 0.1) is 0 Å². The van der Waals surface area contributed by atoms with Crippen molar-refractivity contribution in [3.63, 3.8) is 0 Å². The molecule has 0 saturated carbocycles. The topological polar surface area (TPSA) is 46.8 Å². The predicted molar refractivity (Wildman–Crippen MR) is 179 cm³/mol. The van der Waals surface area contributed by atoms with Crippen molar-refractivity contribution in [1.82, 2.24) is 19.5 Å². The Labute approximate surface area is 254 Å². The maximum absolute atomic E-state index is 5.11. The zero-order valence-electron chi connectivity index (χ0n) is 23.7. The first-order valence-electron chi connectivity index (χ1n) is 14.7. The molecule has 5 nitrogen and oxygen atoms in total. The van der Waals surface area contributed by atoms with Crippen LogP contribution < -0.4 is 4.90 Å². The highest BCUT2D eigenvalue weighted by atomic mass is 15.2. The number of hydrogen-bond donors (Lipinski definition) is 0. The van der Waals surface area contributed by atoms with Gasteiger partial charge in [-0.25, -0.2) is 15.0 Å². The van der Waals surface area contributed by atoms with E-state index >= 15 is 0 Å². The predicted octanol–water partition coefficient (Wildman–Crippen LogP) is 9.75. The maximum atomic E-state index is 5.11. The summed E-state index contributed by atoms with van der Waals surface area (Å²) in [5.74, 6) is 0.917. The number of nitrogens with zero attached hydrogens (tertiary/aromatic N) is 5. The fourth-order valence-corrected chi connectivity index (χ4v) is 6.52. The van der Waals surface area contributed by atoms with E-state index in [-0.39, 0.29) is 0 Å². The molecule has 0 radical (unpaired) electrons. The molecule has 9 rings (SSSR count). The van der Waals surface area contributed by atoms with Crippen molar-refractivity contribution in [1.29, 1.82) is 0 Å². The van der Waals surface area contributed by atoms with E-state index < -0.39 is 0 Å². The minimum absolute atomic E-state index is 0.917. The Morgan fingerprint density at radius 3 is 2.16 bits per heavy atom. The summed E-state index contributed by atoms with van der Waals surface area (Å²) in [6.45, 7) is 0. The highest BCUT2D eigenvalue weighted by Crippen LogP contribution is 2.50. The molecule has 0 aliphatic carbocycles. The largest absolute Gasteiger partial charge is 0.306 e. The third kappa shape index (κ3) is 3.76. The Balaban J connectivity index is 1.24. The molecular formula is C39H25N5. The van der Waals surface area contributed by atoms with E-state index in [1.807, 2.05) is 24.4 Å². The summed E-state index contributed by atoms with van der Waals surface area (Å²) < 4.78 is 2.25. The third-order valence-electron chi connectivity index (χ3n) is 8.43. The van der Waals surface area contributed by atoms with Crippen molar-refractivity contribution in [2.24, 2.45) is 0 Å². The van der Waals surface area contributed by atoms with Gasteiger partial charge in [-0.05, 0) is 77.2 Å². The number of aromatic nitrogens is 4. The molecule has 0 spiro atoms. The molecule has 1 aliphatic rings. The monoisotopic (exact) mass is 563 g/mol. The Hall–Kier alpha value is -6.07. The van der Waals surface area contributed by atoms with Crippen molar-refractivity contribution >= 4 is 38.9 Å². The Bertz CT molecular complexity index is 2340. The maximum Gasteiger partial charge on any atom is 0.145 e. The lowest BCUT2D eigenvalue weighted by Crippen LogP contribution is -2.16. The number of fused-ring (bicyclic) bond motifs is 3. The van der Waals surface area contributed by atoms with E-state index in [0.29, 0.717) is 0 Å². The molecule has 0 N–H and O–H groups in total. The number of imidazole rings is 1. The minimum Gasteiger partial charge on any atom is -0.306 e. The molecular weight excluding hydrogens is 538 g/mol. The lowest BCUT2D eigenvalue weighted by molar-refractivity contribution is 1.10. The Kier molecular flexibility index (Phi) is 5.43. The van der Waals surface area contributed by atoms with Crippen molar-refractivity contribution in [2.45, 2.75) is 0 Å². The van der Waals surface area contributed by atoms with E-state index in [2.05, 4.69) is 136 Å². The number of hydrogen-bond acceptors (Lipinski definition) is 4. The molecule has 8 aromatic rings. The molecule has 3 heterocycles. The summed E-state index contributed by atoms with van der Waals surface area (Å²) in [6, 6.07) is 49.0. The van der Waals surface area contributed by atoms with Crippen molar-refractivity contribution < 1.29 is 0 Å². The molecule has 0 unspecified atom stereocenters. The highest BCUT2D eigenvalue weighted by molar-refractivity contribution is 6.14. The smallest absolute Gasteiger partial charge is 0.145 e. The van der Waals surface area contributed by atoms with E-state index in [4.69, 9.17) is 9.97 Å². The summed E-state index contributed by atoms with van der Waals surface area (Å²) in [7, 11) is 0. The van der Waals surface area contributed by atoms with Gasteiger partial charge in [0.15, 0.2) is 0 Å². The van der Waals surface area contributed by atoms with Gasteiger partial charge in [-0.1, -0.05) is 78.9 Å². The second-order valence-corrected chi connectivity index (χ2v) is 11.0. The van der Waals surface area contributed by atoms with Gasteiger partial charge in [0, 0.05) is 27.9 Å². The average molecular weight is 564 g/mol. The van der Waals surface area contributed by atoms with E-state index in [9.17, 15) is 0 Å². The quantitative estimate of drug-likeness (QED) is 0.214. The second kappa shape index (κ2) is 9.75. The summed E-state index contributed by atoms with van der Waals surface area (Å²) >= 11 is 0. The van der Waals surface area contributed by atoms with Crippen LogP contribution in [0.5, 0.6) is 0 Å². The van der Waals surface area contributed by atoms with Crippen LogP contribution in [-0.4, -0.2) is 19.5 Å². The minimum atomic E-state index is 0.917. The molecule has 2 aromatic heterocycles. The molecule has 5 heteroatoms. The summed E-state index contributed by atoms with van der Waals surface area (Å²) in [4.78, 5) is 16.6. The molecule has 0 fully saturated rings. The van der Waals surface area contributed by atoms with Crippen molar-refractivity contribution in [3.8, 4) is 39.5 Å². The standard InChI is InChI=1S/C39H25N5/c1-3-14-30(15-4-1)43-35-20-10-12-27-22-29(23-32(37(27)35)38-36(43)24-40-25-41-38)26-11-9-13-28(21-26)39-42-33-18-7-8-19-34(33)44(39)31-16-5-2-6-17-31/h1-25H. The zero-order valence-corrected chi connectivity index (χ0v) is 23.7. The average Bonchev–Trinajstić information content (AvgIpc) is 3.49. The third-order valence-corrected chi connectivity index (χ3v) is 8.43. The second-order valence-electron chi connectivity index (χ2n) is 11.0. The number of anilines is 3. The Morgan fingerprint density at radius 1 is 0.545 bits per heavy atom. The lowest BCUT2D eigenvalue weighted by Gasteiger charge is -2.32. The van der Waals surface area contributed by atoms with Gasteiger partial charge in [0.1, 0.15) is 12.2 Å². The Morgan fingerprint density at radius 2 is 1.30 bits per heavy atom. The van der Waals surface area contributed by atoms with Gasteiger partial charge in [0.25, 0.3) is 0 Å². The first-order valence-corrected chi connectivity index (χ1v) is 14.7. The molecule has 0 amide bonds.